The third kappa shape index (κ3) is 4.23. The number of carbonyl (C=O) groups excluding carboxylic acids is 1. The standard InChI is InChI=1S/C21H29N3O5/c1-15-4-2-3-5-17(15)22-20(25)16-6-7-18(19(14-16)24(26)27)23-10-8-21(9-11-23)28-12-13-29-21/h6-7,14-15,17H,2-5,8-13H2,1H3,(H,22,25)/t15-,17-/m1/s1. The maximum atomic E-state index is 12.7. The summed E-state index contributed by atoms with van der Waals surface area (Å²) in [5.74, 6) is -0.326. The van der Waals surface area contributed by atoms with E-state index < -0.39 is 10.7 Å². The van der Waals surface area contributed by atoms with Gasteiger partial charge in [0.25, 0.3) is 11.6 Å². The minimum absolute atomic E-state index is 0.0291. The van der Waals surface area contributed by atoms with Crippen molar-refractivity contribution in [3.8, 4) is 0 Å². The number of amides is 1. The molecule has 1 spiro atoms. The van der Waals surface area contributed by atoms with Crippen LogP contribution in [0.15, 0.2) is 18.2 Å². The van der Waals surface area contributed by atoms with E-state index in [-0.39, 0.29) is 17.6 Å². The van der Waals surface area contributed by atoms with Gasteiger partial charge in [-0.3, -0.25) is 14.9 Å². The van der Waals surface area contributed by atoms with Crippen molar-refractivity contribution in [2.45, 2.75) is 57.3 Å². The van der Waals surface area contributed by atoms with E-state index in [0.29, 0.717) is 56.3 Å². The van der Waals surface area contributed by atoms with Gasteiger partial charge in [-0.25, -0.2) is 0 Å². The lowest BCUT2D eigenvalue weighted by atomic mass is 9.86. The summed E-state index contributed by atoms with van der Waals surface area (Å²) in [6.07, 6.45) is 5.72. The van der Waals surface area contributed by atoms with Crippen LogP contribution in [0.1, 0.15) is 55.8 Å². The number of nitrogens with one attached hydrogen (secondary N) is 1. The SMILES string of the molecule is C[C@@H]1CCCC[C@H]1NC(=O)c1ccc(N2CCC3(CC2)OCCO3)c([N+](=O)[O-])c1. The molecule has 1 aromatic rings. The Hall–Kier alpha value is -2.19. The van der Waals surface area contributed by atoms with Crippen molar-refractivity contribution >= 4 is 17.3 Å². The summed E-state index contributed by atoms with van der Waals surface area (Å²) in [7, 11) is 0. The largest absolute Gasteiger partial charge is 0.366 e. The molecule has 0 aromatic heterocycles. The van der Waals surface area contributed by atoms with Gasteiger partial charge in [0.15, 0.2) is 5.79 Å². The van der Waals surface area contributed by atoms with Gasteiger partial charge in [0.05, 0.1) is 18.1 Å². The highest BCUT2D eigenvalue weighted by molar-refractivity contribution is 5.96. The molecule has 0 radical (unpaired) electrons. The van der Waals surface area contributed by atoms with E-state index in [0.717, 1.165) is 19.3 Å². The van der Waals surface area contributed by atoms with E-state index in [1.165, 1.54) is 12.5 Å². The Kier molecular flexibility index (Phi) is 5.74. The first-order chi connectivity index (χ1) is 14.0. The Morgan fingerprint density at radius 2 is 1.90 bits per heavy atom. The van der Waals surface area contributed by atoms with Crippen molar-refractivity contribution in [2.75, 3.05) is 31.2 Å². The molecule has 2 saturated heterocycles. The highest BCUT2D eigenvalue weighted by Crippen LogP contribution is 2.37. The first-order valence-electron chi connectivity index (χ1n) is 10.6. The average molecular weight is 403 g/mol. The van der Waals surface area contributed by atoms with Crippen LogP contribution in [0.5, 0.6) is 0 Å². The fourth-order valence-corrected chi connectivity index (χ4v) is 4.73. The number of nitro groups is 1. The number of ether oxygens (including phenoxy) is 2. The monoisotopic (exact) mass is 403 g/mol. The number of piperidine rings is 1. The molecule has 0 unspecified atom stereocenters. The first-order valence-corrected chi connectivity index (χ1v) is 10.6. The quantitative estimate of drug-likeness (QED) is 0.613. The number of nitrogens with zero attached hydrogens (tertiary/aromatic N) is 2. The van der Waals surface area contributed by atoms with Crippen LogP contribution in [0.25, 0.3) is 0 Å². The number of hydrogen-bond donors (Lipinski definition) is 1. The fourth-order valence-electron chi connectivity index (χ4n) is 4.73. The van der Waals surface area contributed by atoms with Crippen LogP contribution in [0.3, 0.4) is 0 Å². The zero-order valence-electron chi connectivity index (χ0n) is 16.9. The third-order valence-electron chi connectivity index (χ3n) is 6.54. The Balaban J connectivity index is 1.48. The second kappa shape index (κ2) is 8.28. The minimum atomic E-state index is -0.526. The van der Waals surface area contributed by atoms with Crippen molar-refractivity contribution in [3.05, 3.63) is 33.9 Å². The van der Waals surface area contributed by atoms with Gasteiger partial charge in [0, 0.05) is 43.6 Å². The van der Waals surface area contributed by atoms with Crippen LogP contribution >= 0.6 is 0 Å². The summed E-state index contributed by atoms with van der Waals surface area (Å²) in [6.45, 7) is 4.58. The molecule has 4 rings (SSSR count). The van der Waals surface area contributed by atoms with Gasteiger partial charge < -0.3 is 19.7 Å². The van der Waals surface area contributed by atoms with Crippen LogP contribution < -0.4 is 10.2 Å². The maximum absolute atomic E-state index is 12.7. The van der Waals surface area contributed by atoms with E-state index in [2.05, 4.69) is 12.2 Å². The van der Waals surface area contributed by atoms with Gasteiger partial charge in [-0.05, 0) is 30.9 Å². The van der Waals surface area contributed by atoms with Gasteiger partial charge >= 0.3 is 0 Å². The van der Waals surface area contributed by atoms with Gasteiger partial charge in [-0.2, -0.15) is 0 Å². The Bertz CT molecular complexity index is 768. The molecule has 0 bridgehead atoms. The molecular weight excluding hydrogens is 374 g/mol. The number of anilines is 1. The van der Waals surface area contributed by atoms with Gasteiger partial charge in [0.1, 0.15) is 5.69 Å². The van der Waals surface area contributed by atoms with Crippen molar-refractivity contribution < 1.29 is 19.2 Å². The number of benzene rings is 1. The number of hydrogen-bond acceptors (Lipinski definition) is 6. The maximum Gasteiger partial charge on any atom is 0.293 e. The molecule has 29 heavy (non-hydrogen) atoms. The summed E-state index contributed by atoms with van der Waals surface area (Å²) >= 11 is 0. The smallest absolute Gasteiger partial charge is 0.293 e. The predicted molar refractivity (Wildman–Crippen MR) is 108 cm³/mol. The van der Waals surface area contributed by atoms with E-state index in [1.807, 2.05) is 4.90 Å². The molecule has 158 valence electrons. The minimum Gasteiger partial charge on any atom is -0.366 e. The van der Waals surface area contributed by atoms with E-state index in [4.69, 9.17) is 9.47 Å². The second-order valence-electron chi connectivity index (χ2n) is 8.40. The van der Waals surface area contributed by atoms with Crippen molar-refractivity contribution in [3.63, 3.8) is 0 Å². The number of nitro benzene ring substituents is 1. The molecule has 1 amide bonds. The summed E-state index contributed by atoms with van der Waals surface area (Å²) in [4.78, 5) is 26.0. The highest BCUT2D eigenvalue weighted by atomic mass is 16.7. The van der Waals surface area contributed by atoms with Crippen LogP contribution in [0, 0.1) is 16.0 Å². The highest BCUT2D eigenvalue weighted by Gasteiger charge is 2.40. The summed E-state index contributed by atoms with van der Waals surface area (Å²) in [5, 5.41) is 14.8. The second-order valence-corrected chi connectivity index (χ2v) is 8.40. The molecular formula is C21H29N3O5. The van der Waals surface area contributed by atoms with Crippen molar-refractivity contribution in [1.82, 2.24) is 5.32 Å². The summed E-state index contributed by atoms with van der Waals surface area (Å²) in [6, 6.07) is 4.94. The van der Waals surface area contributed by atoms with Crippen LogP contribution in [0.2, 0.25) is 0 Å². The lowest BCUT2D eigenvalue weighted by Gasteiger charge is -2.38. The van der Waals surface area contributed by atoms with Crippen LogP contribution in [-0.2, 0) is 9.47 Å². The van der Waals surface area contributed by atoms with Crippen molar-refractivity contribution in [1.29, 1.82) is 0 Å². The summed E-state index contributed by atoms with van der Waals surface area (Å²) in [5.41, 5.74) is 0.859. The van der Waals surface area contributed by atoms with Gasteiger partial charge in [-0.1, -0.05) is 19.8 Å². The lowest BCUT2D eigenvalue weighted by molar-refractivity contribution is -0.384. The molecule has 3 fully saturated rings. The Morgan fingerprint density at radius 1 is 1.21 bits per heavy atom. The van der Waals surface area contributed by atoms with Crippen LogP contribution in [0.4, 0.5) is 11.4 Å². The molecule has 1 saturated carbocycles. The number of carbonyl (C=O) groups is 1. The molecule has 1 aliphatic carbocycles. The number of rotatable bonds is 4. The van der Waals surface area contributed by atoms with Gasteiger partial charge in [0.2, 0.25) is 0 Å². The molecule has 2 heterocycles. The molecule has 2 aliphatic heterocycles. The topological polar surface area (TPSA) is 93.9 Å². The molecule has 8 nitrogen and oxygen atoms in total. The lowest BCUT2D eigenvalue weighted by Crippen LogP contribution is -2.45. The summed E-state index contributed by atoms with van der Waals surface area (Å²) < 4.78 is 11.5. The van der Waals surface area contributed by atoms with Crippen molar-refractivity contribution in [2.24, 2.45) is 5.92 Å². The molecule has 3 aliphatic rings. The predicted octanol–water partition coefficient (Wildman–Crippen LogP) is 3.25. The first kappa shape index (κ1) is 20.1. The average Bonchev–Trinajstić information content (AvgIpc) is 3.18. The fraction of sp³-hybridized carbons (Fsp3) is 0.667. The molecule has 8 heteroatoms. The Labute approximate surface area is 170 Å². The van der Waals surface area contributed by atoms with E-state index in [1.54, 1.807) is 12.1 Å². The zero-order chi connectivity index (χ0) is 20.4. The zero-order valence-corrected chi connectivity index (χ0v) is 16.9. The molecule has 1 N–H and O–H groups in total. The third-order valence-corrected chi connectivity index (χ3v) is 6.54. The molecule has 2 atom stereocenters. The Morgan fingerprint density at radius 3 is 2.55 bits per heavy atom. The molecule has 1 aromatic carbocycles. The normalized spacial score (nSPS) is 26.4. The van der Waals surface area contributed by atoms with E-state index in [9.17, 15) is 14.9 Å². The van der Waals surface area contributed by atoms with Gasteiger partial charge in [-0.15, -0.1) is 0 Å². The van der Waals surface area contributed by atoms with Crippen LogP contribution in [-0.4, -0.2) is 49.0 Å². The van der Waals surface area contributed by atoms with E-state index >= 15 is 0 Å².